The monoisotopic (exact) mass is 275 g/mol. The van der Waals surface area contributed by atoms with Crippen LogP contribution in [-0.4, -0.2) is 25.2 Å². The van der Waals surface area contributed by atoms with E-state index in [0.717, 1.165) is 5.56 Å². The summed E-state index contributed by atoms with van der Waals surface area (Å²) in [6.07, 6.45) is 5.13. The number of ether oxygens (including phenoxy) is 2. The maximum atomic E-state index is 11.4. The van der Waals surface area contributed by atoms with Crippen LogP contribution in [-0.2, 0) is 20.9 Å². The Morgan fingerprint density at radius 3 is 2.65 bits per heavy atom. The molecule has 5 heteroatoms. The lowest BCUT2D eigenvalue weighted by atomic mass is 10.2. The number of alkyl carbamates (subject to hydrolysis) is 1. The fourth-order valence-corrected chi connectivity index (χ4v) is 1.39. The third-order valence-electron chi connectivity index (χ3n) is 2.36. The second-order valence-electron chi connectivity index (χ2n) is 3.96. The zero-order valence-electron chi connectivity index (χ0n) is 11.1. The molecule has 0 fully saturated rings. The van der Waals surface area contributed by atoms with E-state index in [9.17, 15) is 9.59 Å². The molecule has 5 nitrogen and oxygen atoms in total. The Hall–Kier alpha value is -2.48. The number of carbonyl (C=O) groups excluding carboxylic acids is 2. The molecule has 0 aliphatic heterocycles. The van der Waals surface area contributed by atoms with E-state index < -0.39 is 6.09 Å². The van der Waals surface area contributed by atoms with Crippen molar-refractivity contribution in [3.05, 3.63) is 35.9 Å². The Labute approximate surface area is 118 Å². The predicted molar refractivity (Wildman–Crippen MR) is 73.7 cm³/mol. The summed E-state index contributed by atoms with van der Waals surface area (Å²) in [6, 6.07) is 9.38. The van der Waals surface area contributed by atoms with E-state index in [2.05, 4.69) is 16.0 Å². The van der Waals surface area contributed by atoms with E-state index in [1.54, 1.807) is 0 Å². The molecular formula is C15H17NO4. The van der Waals surface area contributed by atoms with Crippen molar-refractivity contribution in [3.8, 4) is 12.3 Å². The van der Waals surface area contributed by atoms with Crippen LogP contribution in [0.25, 0.3) is 0 Å². The van der Waals surface area contributed by atoms with Gasteiger partial charge in [-0.3, -0.25) is 4.79 Å². The van der Waals surface area contributed by atoms with Crippen molar-refractivity contribution in [2.75, 3.05) is 13.2 Å². The van der Waals surface area contributed by atoms with Gasteiger partial charge in [-0.15, -0.1) is 6.42 Å². The standard InChI is InChI=1S/C15H17NO4/c1-2-11-19-14(17)9-6-10-16-15(18)20-12-13-7-4-3-5-8-13/h1,3-5,7-8H,6,9-12H2,(H,16,18). The molecule has 0 saturated heterocycles. The number of rotatable bonds is 7. The molecule has 1 rings (SSSR count). The molecule has 0 aromatic heterocycles. The Balaban J connectivity index is 2.06. The van der Waals surface area contributed by atoms with Gasteiger partial charge in [0.2, 0.25) is 0 Å². The van der Waals surface area contributed by atoms with Gasteiger partial charge in [0.25, 0.3) is 0 Å². The first-order valence-corrected chi connectivity index (χ1v) is 6.26. The number of esters is 1. The van der Waals surface area contributed by atoms with Crippen LogP contribution in [0, 0.1) is 12.3 Å². The quantitative estimate of drug-likeness (QED) is 0.469. The molecule has 0 spiro atoms. The molecule has 0 unspecified atom stereocenters. The van der Waals surface area contributed by atoms with Gasteiger partial charge in [0.15, 0.2) is 6.61 Å². The maximum Gasteiger partial charge on any atom is 0.407 e. The summed E-state index contributed by atoms with van der Waals surface area (Å²) in [4.78, 5) is 22.5. The second-order valence-corrected chi connectivity index (χ2v) is 3.96. The van der Waals surface area contributed by atoms with Gasteiger partial charge in [-0.1, -0.05) is 36.3 Å². The van der Waals surface area contributed by atoms with E-state index in [-0.39, 0.29) is 25.6 Å². The topological polar surface area (TPSA) is 64.6 Å². The zero-order chi connectivity index (χ0) is 14.6. The summed E-state index contributed by atoms with van der Waals surface area (Å²) in [5.41, 5.74) is 0.917. The predicted octanol–water partition coefficient (Wildman–Crippen LogP) is 1.87. The summed E-state index contributed by atoms with van der Waals surface area (Å²) >= 11 is 0. The van der Waals surface area contributed by atoms with Crippen LogP contribution in [0.4, 0.5) is 4.79 Å². The van der Waals surface area contributed by atoms with Gasteiger partial charge in [0.05, 0.1) is 0 Å². The lowest BCUT2D eigenvalue weighted by Gasteiger charge is -2.06. The molecule has 0 saturated carbocycles. The van der Waals surface area contributed by atoms with E-state index in [0.29, 0.717) is 13.0 Å². The highest BCUT2D eigenvalue weighted by atomic mass is 16.5. The molecule has 0 aliphatic rings. The van der Waals surface area contributed by atoms with Crippen molar-refractivity contribution in [1.82, 2.24) is 5.32 Å². The number of hydrogen-bond donors (Lipinski definition) is 1. The van der Waals surface area contributed by atoms with Crippen molar-refractivity contribution in [2.45, 2.75) is 19.4 Å². The Kier molecular flexibility index (Phi) is 7.36. The van der Waals surface area contributed by atoms with Crippen LogP contribution in [0.1, 0.15) is 18.4 Å². The summed E-state index contributed by atoms with van der Waals surface area (Å²) in [7, 11) is 0. The highest BCUT2D eigenvalue weighted by molar-refractivity contribution is 5.70. The van der Waals surface area contributed by atoms with Crippen LogP contribution in [0.15, 0.2) is 30.3 Å². The molecule has 0 atom stereocenters. The zero-order valence-corrected chi connectivity index (χ0v) is 11.1. The van der Waals surface area contributed by atoms with Crippen molar-refractivity contribution in [3.63, 3.8) is 0 Å². The van der Waals surface area contributed by atoms with Crippen LogP contribution < -0.4 is 5.32 Å². The number of terminal acetylenes is 1. The highest BCUT2D eigenvalue weighted by Crippen LogP contribution is 2.00. The van der Waals surface area contributed by atoms with Crippen LogP contribution in [0.3, 0.4) is 0 Å². The normalized spacial score (nSPS) is 9.35. The molecule has 0 bridgehead atoms. The molecule has 20 heavy (non-hydrogen) atoms. The van der Waals surface area contributed by atoms with Crippen LogP contribution in [0.5, 0.6) is 0 Å². The van der Waals surface area contributed by atoms with E-state index in [1.165, 1.54) is 0 Å². The molecule has 1 aromatic carbocycles. The second kappa shape index (κ2) is 9.45. The van der Waals surface area contributed by atoms with Crippen molar-refractivity contribution in [2.24, 2.45) is 0 Å². The average molecular weight is 275 g/mol. The van der Waals surface area contributed by atoms with Crippen molar-refractivity contribution in [1.29, 1.82) is 0 Å². The largest absolute Gasteiger partial charge is 0.452 e. The van der Waals surface area contributed by atoms with Gasteiger partial charge in [-0.2, -0.15) is 0 Å². The van der Waals surface area contributed by atoms with E-state index in [1.807, 2.05) is 30.3 Å². The third-order valence-corrected chi connectivity index (χ3v) is 2.36. The number of carbonyl (C=O) groups is 2. The summed E-state index contributed by atoms with van der Waals surface area (Å²) in [6.45, 7) is 0.543. The number of nitrogens with one attached hydrogen (secondary N) is 1. The number of amides is 1. The van der Waals surface area contributed by atoms with Crippen molar-refractivity contribution >= 4 is 12.1 Å². The first-order chi connectivity index (χ1) is 9.72. The molecule has 1 aromatic rings. The minimum atomic E-state index is -0.508. The smallest absolute Gasteiger partial charge is 0.407 e. The fourth-order valence-electron chi connectivity index (χ4n) is 1.39. The average Bonchev–Trinajstić information content (AvgIpc) is 2.48. The van der Waals surface area contributed by atoms with Gasteiger partial charge >= 0.3 is 12.1 Å². The van der Waals surface area contributed by atoms with E-state index in [4.69, 9.17) is 11.2 Å². The minimum absolute atomic E-state index is 0.0224. The van der Waals surface area contributed by atoms with Gasteiger partial charge in [-0.05, 0) is 12.0 Å². The van der Waals surface area contributed by atoms with E-state index >= 15 is 0 Å². The molecule has 0 heterocycles. The number of hydrogen-bond acceptors (Lipinski definition) is 4. The van der Waals surface area contributed by atoms with Crippen LogP contribution in [0.2, 0.25) is 0 Å². The summed E-state index contributed by atoms with van der Waals surface area (Å²) in [5, 5.41) is 2.56. The lowest BCUT2D eigenvalue weighted by Crippen LogP contribution is -2.25. The lowest BCUT2D eigenvalue weighted by molar-refractivity contribution is -0.142. The Morgan fingerprint density at radius 2 is 1.95 bits per heavy atom. The number of benzene rings is 1. The molecule has 0 aliphatic carbocycles. The first-order valence-electron chi connectivity index (χ1n) is 6.26. The minimum Gasteiger partial charge on any atom is -0.452 e. The maximum absolute atomic E-state index is 11.4. The fraction of sp³-hybridized carbons (Fsp3) is 0.333. The summed E-state index contributed by atoms with van der Waals surface area (Å²) < 4.78 is 9.69. The van der Waals surface area contributed by atoms with Gasteiger partial charge in [0.1, 0.15) is 6.61 Å². The van der Waals surface area contributed by atoms with Crippen LogP contribution >= 0.6 is 0 Å². The Bertz CT molecular complexity index is 465. The molecule has 1 amide bonds. The highest BCUT2D eigenvalue weighted by Gasteiger charge is 2.04. The molecule has 0 radical (unpaired) electrons. The Morgan fingerprint density at radius 1 is 1.20 bits per heavy atom. The molecule has 1 N–H and O–H groups in total. The third kappa shape index (κ3) is 7.07. The first kappa shape index (κ1) is 15.6. The van der Waals surface area contributed by atoms with Gasteiger partial charge in [-0.25, -0.2) is 4.79 Å². The van der Waals surface area contributed by atoms with Gasteiger partial charge < -0.3 is 14.8 Å². The molecule has 106 valence electrons. The SMILES string of the molecule is C#CCOC(=O)CCCNC(=O)OCc1ccccc1. The molecular weight excluding hydrogens is 258 g/mol. The summed E-state index contributed by atoms with van der Waals surface area (Å²) in [5.74, 6) is 1.83. The van der Waals surface area contributed by atoms with Crippen molar-refractivity contribution < 1.29 is 19.1 Å². The van der Waals surface area contributed by atoms with Gasteiger partial charge in [0, 0.05) is 13.0 Å².